The van der Waals surface area contributed by atoms with E-state index in [1.165, 1.54) is 25.8 Å². The van der Waals surface area contributed by atoms with Gasteiger partial charge in [0.1, 0.15) is 28.9 Å². The zero-order valence-corrected chi connectivity index (χ0v) is 57.2. The number of amides is 9. The van der Waals surface area contributed by atoms with Crippen LogP contribution in [-0.4, -0.2) is 259 Å². The normalized spacial score (nSPS) is 24.8. The van der Waals surface area contributed by atoms with Crippen LogP contribution in [0.15, 0.2) is 29.1 Å². The van der Waals surface area contributed by atoms with E-state index in [4.69, 9.17) is 39.9 Å². The van der Waals surface area contributed by atoms with E-state index in [0.29, 0.717) is 99.5 Å². The van der Waals surface area contributed by atoms with Gasteiger partial charge in [-0.2, -0.15) is 11.8 Å². The molecule has 1 aromatic carbocycles. The maximum Gasteiger partial charge on any atom is 0.246 e. The van der Waals surface area contributed by atoms with Gasteiger partial charge in [-0.05, 0) is 30.0 Å². The second kappa shape index (κ2) is 39.4. The van der Waals surface area contributed by atoms with Gasteiger partial charge in [-0.25, -0.2) is 0 Å². The Kier molecular flexibility index (Phi) is 32.1. The fraction of sp³-hybridized carbons (Fsp3) is 0.667. The number of H-pyrrole nitrogens is 1. The number of Topliss-reactive ketones (excluding diaryl/α,β-unsaturated/α-hetero) is 2. The molecule has 540 valence electrons. The molecule has 0 spiro atoms. The first-order valence-corrected chi connectivity index (χ1v) is 35.0. The molecule has 4 aliphatic heterocycles. The molecule has 1 aromatic heterocycles. The van der Waals surface area contributed by atoms with E-state index >= 15 is 4.21 Å². The minimum Gasteiger partial charge on any atom is -0.496 e. The summed E-state index contributed by atoms with van der Waals surface area (Å²) in [5.74, 6) is -13.0. The van der Waals surface area contributed by atoms with Gasteiger partial charge >= 0.3 is 0 Å². The van der Waals surface area contributed by atoms with Crippen molar-refractivity contribution in [3.8, 4) is 5.75 Å². The summed E-state index contributed by atoms with van der Waals surface area (Å²) in [7, 11) is -0.964. The van der Waals surface area contributed by atoms with Gasteiger partial charge in [0.25, 0.3) is 0 Å². The minimum atomic E-state index is -2.41. The smallest absolute Gasteiger partial charge is 0.246 e. The van der Waals surface area contributed by atoms with Crippen molar-refractivity contribution < 1.29 is 101 Å². The van der Waals surface area contributed by atoms with E-state index in [2.05, 4.69) is 36.9 Å². The number of aromatic amines is 1. The van der Waals surface area contributed by atoms with E-state index in [0.717, 1.165) is 9.80 Å². The van der Waals surface area contributed by atoms with Gasteiger partial charge in [-0.15, -0.1) is 0 Å². The molecule has 14 N–H and O–H groups in total. The minimum absolute atomic E-state index is 0.0402. The van der Waals surface area contributed by atoms with Crippen molar-refractivity contribution in [3.63, 3.8) is 0 Å². The molecular weight excluding hydrogens is 1310 g/mol. The van der Waals surface area contributed by atoms with Crippen LogP contribution < -0.4 is 48.1 Å². The number of nitrogens with zero attached hydrogens (tertiary/aromatic N) is 2. The summed E-state index contributed by atoms with van der Waals surface area (Å²) in [4.78, 5) is 157. The second-order valence-corrected chi connectivity index (χ2v) is 26.9. The number of methoxy groups -OCH3 is 1. The predicted molar refractivity (Wildman–Crippen MR) is 351 cm³/mol. The van der Waals surface area contributed by atoms with Gasteiger partial charge in [0, 0.05) is 96.8 Å². The number of nitrogens with one attached hydrogen (secondary N) is 7. The lowest BCUT2D eigenvalue weighted by atomic mass is 9.85. The Morgan fingerprint density at radius 1 is 0.814 bits per heavy atom. The van der Waals surface area contributed by atoms with E-state index in [1.54, 1.807) is 39.1 Å². The van der Waals surface area contributed by atoms with Crippen LogP contribution in [0.4, 0.5) is 0 Å². The number of ether oxygens (including phenoxy) is 6. The van der Waals surface area contributed by atoms with Crippen LogP contribution in [0, 0.1) is 29.6 Å². The number of carbonyl (C=O) groups is 11. The van der Waals surface area contributed by atoms with Crippen LogP contribution in [0.25, 0.3) is 10.9 Å². The van der Waals surface area contributed by atoms with Crippen molar-refractivity contribution in [1.29, 1.82) is 0 Å². The Labute approximate surface area is 569 Å². The molecular formula is C63H95N11O21S2. The number of fused-ring (bicyclic) bond motifs is 5. The van der Waals surface area contributed by atoms with E-state index in [9.17, 15) is 68.1 Å². The lowest BCUT2D eigenvalue weighted by Crippen LogP contribution is -2.60. The molecule has 5 heterocycles. The fourth-order valence-corrected chi connectivity index (χ4v) is 13.8. The lowest BCUT2D eigenvalue weighted by molar-refractivity contribution is -0.144. The largest absolute Gasteiger partial charge is 0.496 e. The highest BCUT2D eigenvalue weighted by Gasteiger charge is 2.45. The Morgan fingerprint density at radius 3 is 2.08 bits per heavy atom. The summed E-state index contributed by atoms with van der Waals surface area (Å²) in [5.41, 5.74) is 13.0. The van der Waals surface area contributed by atoms with E-state index in [-0.39, 0.29) is 66.7 Å². The average molecular weight is 1410 g/mol. The van der Waals surface area contributed by atoms with Crippen molar-refractivity contribution in [2.75, 3.05) is 124 Å². The molecule has 0 aliphatic carbocycles. The molecule has 97 heavy (non-hydrogen) atoms. The van der Waals surface area contributed by atoms with Crippen molar-refractivity contribution in [2.45, 2.75) is 120 Å². The fourth-order valence-electron chi connectivity index (χ4n) is 11.6. The molecule has 2 bridgehead atoms. The number of benzene rings is 1. The first-order valence-electron chi connectivity index (χ1n) is 32.5. The molecule has 2 unspecified atom stereocenters. The van der Waals surface area contributed by atoms with Crippen LogP contribution in [0.3, 0.4) is 0 Å². The third-order valence-electron chi connectivity index (χ3n) is 17.2. The molecule has 2 saturated heterocycles. The van der Waals surface area contributed by atoms with Crippen LogP contribution in [-0.2, 0) is 99.4 Å². The summed E-state index contributed by atoms with van der Waals surface area (Å²) >= 11 is 1.45. The van der Waals surface area contributed by atoms with E-state index in [1.807, 2.05) is 0 Å². The van der Waals surface area contributed by atoms with Gasteiger partial charge in [0.15, 0.2) is 11.6 Å². The first-order chi connectivity index (χ1) is 46.4. The Bertz CT molecular complexity index is 3150. The predicted octanol–water partition coefficient (Wildman–Crippen LogP) is -3.34. The number of rotatable bonds is 31. The first kappa shape index (κ1) is 78.8. The Morgan fingerprint density at radius 2 is 1.46 bits per heavy atom. The maximum absolute atomic E-state index is 15.3. The number of hydrogen-bond donors (Lipinski definition) is 12. The molecule has 4 aliphatic rings. The standard InChI is InChI=1S/C63H95N11O21S2/c1-6-35(2)43-24-40(76)28-67-57(83)38-22-44-42-7-8-51(90-5)45(33-96-20-19-95-18-17-94-16-15-93-14-13-92-12-11-91-10-9-66-27-39(64)30-74-54(82)21-36(3)62(74)87)56(42)72-61(44)97(89)34-47(69-53(81)29-68-58(43)84)59(85)70-46(26-52(65)80)63(88)73-31-41(77)25-48(73)60(86)71-55(49(78)23-38)37(4)50(79)32-75/h7-8,27,35-38,41,43,46-48,50,55,66,72,75,77,79H,6,9-26,28-34,64H2,1-5H3,(H2,65,80)(H,67,83)(H,68,84)(H,69,81)(H,70,85)(H,71,86)/b39-27-/t35-,36?,37-,38+,41+,43-,46-,47+,48-,50-,55-,97?/m0/s1. The van der Waals surface area contributed by atoms with Crippen molar-refractivity contribution >= 4 is 98.2 Å². The number of hydrogen-bond acceptors (Lipinski definition) is 24. The summed E-state index contributed by atoms with van der Waals surface area (Å²) in [6.07, 6.45) is -3.63. The molecule has 6 rings (SSSR count). The highest BCUT2D eigenvalue weighted by Crippen LogP contribution is 2.37. The van der Waals surface area contributed by atoms with Crippen molar-refractivity contribution in [1.82, 2.24) is 46.7 Å². The molecule has 9 amide bonds. The van der Waals surface area contributed by atoms with Crippen LogP contribution >= 0.6 is 11.8 Å². The molecule has 0 radical (unpaired) electrons. The third-order valence-corrected chi connectivity index (χ3v) is 19.6. The average Bonchev–Trinajstić information content (AvgIpc) is 1.63. The maximum atomic E-state index is 15.3. The number of carbonyl (C=O) groups excluding carboxylic acids is 11. The quantitative estimate of drug-likeness (QED) is 0.0259. The highest BCUT2D eigenvalue weighted by atomic mass is 32.2. The highest BCUT2D eigenvalue weighted by molar-refractivity contribution is 7.98. The molecule has 32 nitrogen and oxygen atoms in total. The summed E-state index contributed by atoms with van der Waals surface area (Å²) in [6.45, 7) is 7.59. The van der Waals surface area contributed by atoms with Gasteiger partial charge in [0.05, 0.1) is 146 Å². The second-order valence-electron chi connectivity index (χ2n) is 24.4. The number of aliphatic hydroxyl groups is 3. The van der Waals surface area contributed by atoms with E-state index < -0.39 is 181 Å². The number of imide groups is 1. The third kappa shape index (κ3) is 23.2. The number of aliphatic hydroxyl groups excluding tert-OH is 3. The topological polar surface area (TPSA) is 467 Å². The summed E-state index contributed by atoms with van der Waals surface area (Å²) < 4.78 is 49.4. The van der Waals surface area contributed by atoms with Crippen molar-refractivity contribution in [3.05, 3.63) is 35.2 Å². The number of thioether (sulfide) groups is 1. The number of aromatic nitrogens is 1. The molecule has 2 aromatic rings. The van der Waals surface area contributed by atoms with Gasteiger partial charge in [-0.1, -0.05) is 34.1 Å². The molecule has 12 atom stereocenters. The molecule has 0 saturated carbocycles. The van der Waals surface area contributed by atoms with Crippen LogP contribution in [0.2, 0.25) is 0 Å². The van der Waals surface area contributed by atoms with Gasteiger partial charge in [0.2, 0.25) is 53.2 Å². The Hall–Kier alpha value is -7.15. The van der Waals surface area contributed by atoms with Crippen LogP contribution in [0.5, 0.6) is 5.75 Å². The number of likely N-dealkylation sites (tertiary alicyclic amines) is 1. The number of ketones is 2. The Balaban J connectivity index is 1.17. The zero-order valence-electron chi connectivity index (χ0n) is 55.5. The van der Waals surface area contributed by atoms with Gasteiger partial charge in [-0.3, -0.25) is 61.8 Å². The molecule has 2 fully saturated rings. The summed E-state index contributed by atoms with van der Waals surface area (Å²) in [6, 6.07) is -3.66. The summed E-state index contributed by atoms with van der Waals surface area (Å²) in [5, 5.41) is 48.0. The van der Waals surface area contributed by atoms with Crippen molar-refractivity contribution in [2.24, 2.45) is 41.1 Å². The number of primary amides is 1. The lowest BCUT2D eigenvalue weighted by Gasteiger charge is -2.32. The van der Waals surface area contributed by atoms with Gasteiger partial charge < -0.3 is 97.0 Å². The molecule has 34 heteroatoms. The monoisotopic (exact) mass is 1410 g/mol. The zero-order chi connectivity index (χ0) is 70.9. The van der Waals surface area contributed by atoms with Crippen LogP contribution in [0.1, 0.15) is 77.3 Å². The SMILES string of the molecule is CC[C@H](C)[C@@H]1CC(=O)CNC(=O)[C@H]2CC(=O)[C@H]([C@@H](C)[C@@H](O)CO)NC(=O)[C@@H]3C[C@@H](O)CN3C(=O)[C@H](CC(N)=O)NC(=O)[C@@H](CS(=O)c3[nH]c4c(CSCCOCCOCCOCCOCCOCCN/C=C(\N)CN5C(=O)CC(C)C5=O)c(OC)ccc4c3C2)NC(=O)CNC1=O. The number of nitrogens with two attached hydrogens (primary N) is 2.